The van der Waals surface area contributed by atoms with E-state index < -0.39 is 6.29 Å². The van der Waals surface area contributed by atoms with E-state index in [1.807, 2.05) is 48.5 Å². The summed E-state index contributed by atoms with van der Waals surface area (Å²) in [5, 5.41) is 1.04. The molecule has 0 saturated heterocycles. The number of methoxy groups -OCH3 is 2. The van der Waals surface area contributed by atoms with Crippen molar-refractivity contribution in [2.24, 2.45) is 0 Å². The lowest BCUT2D eigenvalue weighted by molar-refractivity contribution is -0.121. The summed E-state index contributed by atoms with van der Waals surface area (Å²) < 4.78 is 29.8. The van der Waals surface area contributed by atoms with Gasteiger partial charge in [-0.3, -0.25) is 0 Å². The first-order valence-electron chi connectivity index (χ1n) is 12.4. The number of hydrogen-bond donors (Lipinski definition) is 0. The molecule has 0 aliphatic carbocycles. The lowest BCUT2D eigenvalue weighted by Crippen LogP contribution is -2.21. The molecule has 0 aliphatic heterocycles. The Labute approximate surface area is 227 Å². The third-order valence-corrected chi connectivity index (χ3v) is 7.32. The second kappa shape index (κ2) is 12.1. The Hall–Kier alpha value is -3.84. The molecule has 5 rings (SSSR count). The molecule has 1 aromatic heterocycles. The molecule has 0 amide bonds. The highest BCUT2D eigenvalue weighted by Gasteiger charge is 2.17. The second-order valence-electron chi connectivity index (χ2n) is 8.84. The highest BCUT2D eigenvalue weighted by Crippen LogP contribution is 2.47. The molecular weight excluding hydrogens is 496 g/mol. The number of benzene rings is 4. The van der Waals surface area contributed by atoms with Gasteiger partial charge in [0.1, 0.15) is 30.5 Å². The molecular formula is C32H30O5S. The summed E-state index contributed by atoms with van der Waals surface area (Å²) in [4.78, 5) is 1.07. The third-order valence-electron chi connectivity index (χ3n) is 6.13. The first-order valence-corrected chi connectivity index (χ1v) is 13.2. The molecule has 0 unspecified atom stereocenters. The SMILES string of the molecule is COC(COc1ccc(Oc2c(-c3ccc(C)cc3)sc3cc(OCc4ccccc4)ccc23)cc1)OC. The van der Waals surface area contributed by atoms with Crippen LogP contribution in [0.15, 0.2) is 97.1 Å². The van der Waals surface area contributed by atoms with Gasteiger partial charge < -0.3 is 23.7 Å². The van der Waals surface area contributed by atoms with E-state index in [0.29, 0.717) is 19.0 Å². The zero-order chi connectivity index (χ0) is 26.3. The molecule has 0 spiro atoms. The molecule has 0 bridgehead atoms. The fourth-order valence-corrected chi connectivity index (χ4v) is 5.16. The average molecular weight is 527 g/mol. The molecule has 38 heavy (non-hydrogen) atoms. The normalized spacial score (nSPS) is 11.2. The molecule has 0 fully saturated rings. The van der Waals surface area contributed by atoms with Crippen molar-refractivity contribution in [1.82, 2.24) is 0 Å². The Bertz CT molecular complexity index is 1460. The van der Waals surface area contributed by atoms with Crippen LogP contribution in [0.2, 0.25) is 0 Å². The van der Waals surface area contributed by atoms with Crippen LogP contribution in [0.5, 0.6) is 23.0 Å². The van der Waals surface area contributed by atoms with Crippen molar-refractivity contribution in [1.29, 1.82) is 0 Å². The van der Waals surface area contributed by atoms with Crippen molar-refractivity contribution in [3.05, 3.63) is 108 Å². The largest absolute Gasteiger partial charge is 0.489 e. The van der Waals surface area contributed by atoms with Crippen molar-refractivity contribution in [2.45, 2.75) is 19.8 Å². The van der Waals surface area contributed by atoms with Crippen LogP contribution in [0.3, 0.4) is 0 Å². The zero-order valence-corrected chi connectivity index (χ0v) is 22.5. The van der Waals surface area contributed by atoms with Crippen molar-refractivity contribution in [3.8, 4) is 33.4 Å². The molecule has 0 saturated carbocycles. The lowest BCUT2D eigenvalue weighted by atomic mass is 10.1. The highest BCUT2D eigenvalue weighted by atomic mass is 32.1. The predicted octanol–water partition coefficient (Wildman–Crippen LogP) is 8.25. The van der Waals surface area contributed by atoms with Crippen LogP contribution >= 0.6 is 11.3 Å². The quantitative estimate of drug-likeness (QED) is 0.162. The Morgan fingerprint density at radius 3 is 2.11 bits per heavy atom. The molecule has 0 N–H and O–H groups in total. The lowest BCUT2D eigenvalue weighted by Gasteiger charge is -2.14. The van der Waals surface area contributed by atoms with Gasteiger partial charge in [0.25, 0.3) is 0 Å². The number of thiophene rings is 1. The van der Waals surface area contributed by atoms with Gasteiger partial charge in [-0.25, -0.2) is 0 Å². The van der Waals surface area contributed by atoms with Gasteiger partial charge in [0.05, 0.1) is 4.88 Å². The number of rotatable bonds is 11. The minimum atomic E-state index is -0.415. The molecule has 0 aliphatic rings. The third kappa shape index (κ3) is 6.17. The van der Waals surface area contributed by atoms with Crippen molar-refractivity contribution in [2.75, 3.05) is 20.8 Å². The van der Waals surface area contributed by atoms with Gasteiger partial charge in [0, 0.05) is 24.3 Å². The molecule has 0 atom stereocenters. The summed E-state index contributed by atoms with van der Waals surface area (Å²) in [7, 11) is 3.17. The van der Waals surface area contributed by atoms with E-state index in [-0.39, 0.29) is 0 Å². The van der Waals surface area contributed by atoms with E-state index in [1.165, 1.54) is 5.56 Å². The van der Waals surface area contributed by atoms with E-state index in [2.05, 4.69) is 55.5 Å². The van der Waals surface area contributed by atoms with Gasteiger partial charge in [0.2, 0.25) is 0 Å². The van der Waals surface area contributed by atoms with Gasteiger partial charge in [-0.15, -0.1) is 11.3 Å². The van der Waals surface area contributed by atoms with Gasteiger partial charge >= 0.3 is 0 Å². The van der Waals surface area contributed by atoms with Crippen LogP contribution in [0.4, 0.5) is 0 Å². The summed E-state index contributed by atoms with van der Waals surface area (Å²) in [5.74, 6) is 3.10. The van der Waals surface area contributed by atoms with Crippen LogP contribution in [-0.2, 0) is 16.1 Å². The number of ether oxygens (including phenoxy) is 5. The van der Waals surface area contributed by atoms with Crippen molar-refractivity contribution >= 4 is 21.4 Å². The molecule has 4 aromatic carbocycles. The van der Waals surface area contributed by atoms with Crippen molar-refractivity contribution < 1.29 is 23.7 Å². The number of fused-ring (bicyclic) bond motifs is 1. The molecule has 5 aromatic rings. The first kappa shape index (κ1) is 25.8. The van der Waals surface area contributed by atoms with Crippen LogP contribution in [0.25, 0.3) is 20.5 Å². The zero-order valence-electron chi connectivity index (χ0n) is 21.7. The van der Waals surface area contributed by atoms with Crippen LogP contribution in [0.1, 0.15) is 11.1 Å². The average Bonchev–Trinajstić information content (AvgIpc) is 3.31. The number of hydrogen-bond acceptors (Lipinski definition) is 6. The van der Waals surface area contributed by atoms with Crippen LogP contribution < -0.4 is 14.2 Å². The smallest absolute Gasteiger partial charge is 0.191 e. The minimum Gasteiger partial charge on any atom is -0.489 e. The Morgan fingerprint density at radius 2 is 1.39 bits per heavy atom. The number of aryl methyl sites for hydroxylation is 1. The fourth-order valence-electron chi connectivity index (χ4n) is 4.00. The summed E-state index contributed by atoms with van der Waals surface area (Å²) in [6.45, 7) is 2.91. The molecule has 1 heterocycles. The van der Waals surface area contributed by atoms with Gasteiger partial charge in [-0.1, -0.05) is 60.2 Å². The summed E-state index contributed by atoms with van der Waals surface area (Å²) in [5.41, 5.74) is 3.47. The van der Waals surface area contributed by atoms with Crippen LogP contribution in [0, 0.1) is 6.92 Å². The first-order chi connectivity index (χ1) is 18.6. The second-order valence-corrected chi connectivity index (χ2v) is 9.90. The maximum atomic E-state index is 6.50. The maximum absolute atomic E-state index is 6.50. The van der Waals surface area contributed by atoms with Crippen molar-refractivity contribution in [3.63, 3.8) is 0 Å². The van der Waals surface area contributed by atoms with E-state index in [9.17, 15) is 0 Å². The standard InChI is InChI=1S/C32H30O5S/c1-22-9-11-24(12-10-22)32-31(37-26-15-13-25(14-16-26)36-21-30(33-2)34-3)28-18-17-27(19-29(28)38-32)35-20-23-7-5-4-6-8-23/h4-19,30H,20-21H2,1-3H3. The van der Waals surface area contributed by atoms with E-state index in [1.54, 1.807) is 25.6 Å². The summed E-state index contributed by atoms with van der Waals surface area (Å²) >= 11 is 1.70. The van der Waals surface area contributed by atoms with E-state index in [0.717, 1.165) is 43.3 Å². The predicted molar refractivity (Wildman–Crippen MR) is 153 cm³/mol. The highest BCUT2D eigenvalue weighted by molar-refractivity contribution is 7.22. The monoisotopic (exact) mass is 526 g/mol. The van der Waals surface area contributed by atoms with Gasteiger partial charge in [-0.05, 0) is 60.5 Å². The van der Waals surface area contributed by atoms with Crippen LogP contribution in [-0.4, -0.2) is 27.1 Å². The summed E-state index contributed by atoms with van der Waals surface area (Å²) in [6.07, 6.45) is -0.415. The van der Waals surface area contributed by atoms with E-state index >= 15 is 0 Å². The molecule has 194 valence electrons. The minimum absolute atomic E-state index is 0.300. The van der Waals surface area contributed by atoms with Gasteiger partial charge in [-0.2, -0.15) is 0 Å². The summed E-state index contributed by atoms with van der Waals surface area (Å²) in [6, 6.07) is 32.4. The Morgan fingerprint density at radius 1 is 0.711 bits per heavy atom. The van der Waals surface area contributed by atoms with E-state index in [4.69, 9.17) is 23.7 Å². The Kier molecular flexibility index (Phi) is 8.24. The molecule has 0 radical (unpaired) electrons. The molecule has 6 heteroatoms. The van der Waals surface area contributed by atoms with Gasteiger partial charge in [0.15, 0.2) is 12.0 Å². The molecule has 5 nitrogen and oxygen atoms in total. The fraction of sp³-hybridized carbons (Fsp3) is 0.188. The Balaban J connectivity index is 1.41. The topological polar surface area (TPSA) is 46.2 Å². The maximum Gasteiger partial charge on any atom is 0.191 e.